The lowest BCUT2D eigenvalue weighted by molar-refractivity contribution is 0.111. The number of aryl methyl sites for hydroxylation is 1. The molecule has 2 heterocycles. The molecule has 0 saturated carbocycles. The summed E-state index contributed by atoms with van der Waals surface area (Å²) in [5.74, 6) is 0. The number of hydrogen-bond acceptors (Lipinski definition) is 3. The van der Waals surface area contributed by atoms with Crippen LogP contribution < -0.4 is 0 Å². The molecule has 0 unspecified atom stereocenters. The first kappa shape index (κ1) is 9.58. The Morgan fingerprint density at radius 2 is 2.40 bits per heavy atom. The normalized spacial score (nSPS) is 10.2. The van der Waals surface area contributed by atoms with Gasteiger partial charge in [-0.1, -0.05) is 6.07 Å². The van der Waals surface area contributed by atoms with Crippen LogP contribution in [0.25, 0.3) is 0 Å². The summed E-state index contributed by atoms with van der Waals surface area (Å²) >= 11 is 0. The van der Waals surface area contributed by atoms with E-state index in [1.807, 2.05) is 19.1 Å². The SMILES string of the molecule is Cc1cccnc1Cn1cncc1C=O. The van der Waals surface area contributed by atoms with Crippen molar-refractivity contribution in [2.24, 2.45) is 0 Å². The minimum Gasteiger partial charge on any atom is -0.322 e. The third kappa shape index (κ3) is 1.93. The van der Waals surface area contributed by atoms with Crippen LogP contribution in [0.4, 0.5) is 0 Å². The number of hydrogen-bond donors (Lipinski definition) is 0. The van der Waals surface area contributed by atoms with Gasteiger partial charge >= 0.3 is 0 Å². The molecule has 15 heavy (non-hydrogen) atoms. The number of aromatic nitrogens is 3. The Bertz CT molecular complexity index is 476. The highest BCUT2D eigenvalue weighted by atomic mass is 16.1. The summed E-state index contributed by atoms with van der Waals surface area (Å²) in [4.78, 5) is 18.9. The largest absolute Gasteiger partial charge is 0.322 e. The summed E-state index contributed by atoms with van der Waals surface area (Å²) in [6, 6.07) is 3.90. The van der Waals surface area contributed by atoms with E-state index >= 15 is 0 Å². The van der Waals surface area contributed by atoms with Crippen LogP contribution in [-0.4, -0.2) is 20.8 Å². The van der Waals surface area contributed by atoms with Gasteiger partial charge in [0.1, 0.15) is 5.69 Å². The number of carbonyl (C=O) groups excluding carboxylic acids is 1. The maximum absolute atomic E-state index is 10.7. The van der Waals surface area contributed by atoms with Crippen molar-refractivity contribution in [1.29, 1.82) is 0 Å². The van der Waals surface area contributed by atoms with E-state index in [0.29, 0.717) is 12.2 Å². The third-order valence-corrected chi connectivity index (χ3v) is 2.30. The van der Waals surface area contributed by atoms with Gasteiger partial charge in [-0.05, 0) is 18.6 Å². The summed E-state index contributed by atoms with van der Waals surface area (Å²) in [5.41, 5.74) is 2.64. The number of imidazole rings is 1. The molecule has 2 aromatic rings. The van der Waals surface area contributed by atoms with Crippen LogP contribution in [0.15, 0.2) is 30.9 Å². The van der Waals surface area contributed by atoms with Crippen molar-refractivity contribution in [3.05, 3.63) is 47.8 Å². The van der Waals surface area contributed by atoms with Gasteiger partial charge < -0.3 is 4.57 Å². The second-order valence-corrected chi connectivity index (χ2v) is 3.33. The van der Waals surface area contributed by atoms with Crippen molar-refractivity contribution in [3.63, 3.8) is 0 Å². The van der Waals surface area contributed by atoms with E-state index in [4.69, 9.17) is 0 Å². The molecule has 0 N–H and O–H groups in total. The predicted molar refractivity (Wildman–Crippen MR) is 55.7 cm³/mol. The van der Waals surface area contributed by atoms with Gasteiger partial charge in [-0.15, -0.1) is 0 Å². The zero-order chi connectivity index (χ0) is 10.7. The van der Waals surface area contributed by atoms with Crippen molar-refractivity contribution in [2.75, 3.05) is 0 Å². The minimum atomic E-state index is 0.569. The summed E-state index contributed by atoms with van der Waals surface area (Å²) < 4.78 is 1.78. The Morgan fingerprint density at radius 1 is 1.53 bits per heavy atom. The van der Waals surface area contributed by atoms with Crippen LogP contribution in [0.3, 0.4) is 0 Å². The average Bonchev–Trinajstić information content (AvgIpc) is 2.69. The first-order valence-electron chi connectivity index (χ1n) is 4.67. The smallest absolute Gasteiger partial charge is 0.168 e. The van der Waals surface area contributed by atoms with Gasteiger partial charge in [-0.25, -0.2) is 4.98 Å². The number of aldehydes is 1. The molecular formula is C11H11N3O. The highest BCUT2D eigenvalue weighted by Crippen LogP contribution is 2.06. The Balaban J connectivity index is 2.29. The zero-order valence-corrected chi connectivity index (χ0v) is 8.42. The molecule has 4 heteroatoms. The van der Waals surface area contributed by atoms with E-state index in [1.165, 1.54) is 0 Å². The molecule has 0 amide bonds. The fraction of sp³-hybridized carbons (Fsp3) is 0.182. The molecule has 4 nitrogen and oxygen atoms in total. The third-order valence-electron chi connectivity index (χ3n) is 2.30. The second-order valence-electron chi connectivity index (χ2n) is 3.33. The maximum Gasteiger partial charge on any atom is 0.168 e. The molecule has 0 aliphatic heterocycles. The first-order valence-corrected chi connectivity index (χ1v) is 4.67. The molecule has 0 saturated heterocycles. The van der Waals surface area contributed by atoms with Gasteiger partial charge in [0.25, 0.3) is 0 Å². The molecule has 0 aliphatic rings. The Hall–Kier alpha value is -1.97. The molecule has 0 atom stereocenters. The lowest BCUT2D eigenvalue weighted by Gasteiger charge is -2.06. The van der Waals surface area contributed by atoms with E-state index < -0.39 is 0 Å². The molecular weight excluding hydrogens is 190 g/mol. The van der Waals surface area contributed by atoms with Crippen LogP contribution in [0, 0.1) is 6.92 Å². The Labute approximate surface area is 87.6 Å². The summed E-state index contributed by atoms with van der Waals surface area (Å²) in [5, 5.41) is 0. The van der Waals surface area contributed by atoms with Crippen molar-refractivity contribution < 1.29 is 4.79 Å². The molecule has 2 rings (SSSR count). The van der Waals surface area contributed by atoms with Gasteiger partial charge in [0.05, 0.1) is 24.8 Å². The zero-order valence-electron chi connectivity index (χ0n) is 8.42. The lowest BCUT2D eigenvalue weighted by atomic mass is 10.2. The summed E-state index contributed by atoms with van der Waals surface area (Å²) in [6.07, 6.45) is 5.73. The van der Waals surface area contributed by atoms with Crippen LogP contribution in [0.2, 0.25) is 0 Å². The first-order chi connectivity index (χ1) is 7.31. The van der Waals surface area contributed by atoms with Gasteiger partial charge in [0.2, 0.25) is 0 Å². The molecule has 0 radical (unpaired) electrons. The monoisotopic (exact) mass is 201 g/mol. The highest BCUT2D eigenvalue weighted by molar-refractivity contribution is 5.71. The fourth-order valence-corrected chi connectivity index (χ4v) is 1.41. The van der Waals surface area contributed by atoms with Gasteiger partial charge in [-0.2, -0.15) is 0 Å². The quantitative estimate of drug-likeness (QED) is 0.706. The fourth-order valence-electron chi connectivity index (χ4n) is 1.41. The Morgan fingerprint density at radius 3 is 3.13 bits per heavy atom. The maximum atomic E-state index is 10.7. The molecule has 0 spiro atoms. The summed E-state index contributed by atoms with van der Waals surface area (Å²) in [6.45, 7) is 2.58. The molecule has 0 fully saturated rings. The molecule has 0 bridgehead atoms. The average molecular weight is 201 g/mol. The van der Waals surface area contributed by atoms with Gasteiger partial charge in [-0.3, -0.25) is 9.78 Å². The number of nitrogens with zero attached hydrogens (tertiary/aromatic N) is 3. The van der Waals surface area contributed by atoms with E-state index in [1.54, 1.807) is 23.3 Å². The molecule has 0 aliphatic carbocycles. The van der Waals surface area contributed by atoms with Gasteiger partial charge in [0, 0.05) is 6.20 Å². The minimum absolute atomic E-state index is 0.569. The standard InChI is InChI=1S/C11H11N3O/c1-9-3-2-4-13-11(9)6-14-8-12-5-10(14)7-15/h2-5,7-8H,6H2,1H3. The second kappa shape index (κ2) is 4.04. The van der Waals surface area contributed by atoms with E-state index in [9.17, 15) is 4.79 Å². The lowest BCUT2D eigenvalue weighted by Crippen LogP contribution is -2.05. The van der Waals surface area contributed by atoms with Crippen LogP contribution in [-0.2, 0) is 6.54 Å². The van der Waals surface area contributed by atoms with E-state index in [2.05, 4.69) is 9.97 Å². The van der Waals surface area contributed by atoms with Crippen LogP contribution in [0.5, 0.6) is 0 Å². The molecule has 76 valence electrons. The predicted octanol–water partition coefficient (Wildman–Crippen LogP) is 1.45. The van der Waals surface area contributed by atoms with Crippen LogP contribution >= 0.6 is 0 Å². The van der Waals surface area contributed by atoms with Crippen molar-refractivity contribution in [3.8, 4) is 0 Å². The van der Waals surface area contributed by atoms with Crippen molar-refractivity contribution in [2.45, 2.75) is 13.5 Å². The summed E-state index contributed by atoms with van der Waals surface area (Å²) in [7, 11) is 0. The topological polar surface area (TPSA) is 47.8 Å². The number of carbonyl (C=O) groups is 1. The number of rotatable bonds is 3. The Kier molecular flexibility index (Phi) is 2.58. The number of pyridine rings is 1. The van der Waals surface area contributed by atoms with E-state index in [0.717, 1.165) is 17.5 Å². The van der Waals surface area contributed by atoms with Gasteiger partial charge in [0.15, 0.2) is 6.29 Å². The molecule has 0 aromatic carbocycles. The van der Waals surface area contributed by atoms with Crippen LogP contribution in [0.1, 0.15) is 21.7 Å². The molecule has 2 aromatic heterocycles. The van der Waals surface area contributed by atoms with E-state index in [-0.39, 0.29) is 0 Å². The van der Waals surface area contributed by atoms with Crippen molar-refractivity contribution >= 4 is 6.29 Å². The van der Waals surface area contributed by atoms with Crippen molar-refractivity contribution in [1.82, 2.24) is 14.5 Å². The highest BCUT2D eigenvalue weighted by Gasteiger charge is 2.03.